The normalized spacial score (nSPS) is 11.6. The zero-order valence-electron chi connectivity index (χ0n) is 16.7. The number of hydrogen-bond acceptors (Lipinski definition) is 5. The second kappa shape index (κ2) is 7.77. The van der Waals surface area contributed by atoms with Gasteiger partial charge in [-0.2, -0.15) is 0 Å². The van der Waals surface area contributed by atoms with E-state index in [0.717, 1.165) is 28.0 Å². The van der Waals surface area contributed by atoms with Gasteiger partial charge in [-0.3, -0.25) is 0 Å². The van der Waals surface area contributed by atoms with Crippen molar-refractivity contribution in [3.8, 4) is 17.2 Å². The molecule has 0 aliphatic heterocycles. The number of nitrogens with one attached hydrogen (secondary N) is 1. The summed E-state index contributed by atoms with van der Waals surface area (Å²) in [5.74, 6) is 1.76. The van der Waals surface area contributed by atoms with E-state index < -0.39 is 10.0 Å². The van der Waals surface area contributed by atoms with Crippen molar-refractivity contribution in [2.45, 2.75) is 39.1 Å². The van der Waals surface area contributed by atoms with Crippen molar-refractivity contribution in [3.63, 3.8) is 0 Å². The smallest absolute Gasteiger partial charge is 0.241 e. The van der Waals surface area contributed by atoms with E-state index in [-0.39, 0.29) is 6.54 Å². The van der Waals surface area contributed by atoms with Crippen LogP contribution in [0.2, 0.25) is 0 Å². The molecule has 3 aromatic rings. The molecule has 0 spiro atoms. The number of aryl methyl sites for hydroxylation is 4. The Balaban J connectivity index is 1.82. The summed E-state index contributed by atoms with van der Waals surface area (Å²) in [4.78, 5) is 4.77. The van der Waals surface area contributed by atoms with Gasteiger partial charge >= 0.3 is 0 Å². The van der Waals surface area contributed by atoms with Gasteiger partial charge in [0.25, 0.3) is 0 Å². The molecule has 1 N–H and O–H groups in total. The fraction of sp³-hybridized carbons (Fsp3) is 0.286. The molecule has 0 atom stereocenters. The van der Waals surface area contributed by atoms with Crippen LogP contribution in [0.1, 0.15) is 28.1 Å². The Hall–Kier alpha value is -2.64. The average Bonchev–Trinajstić information content (AvgIpc) is 3.00. The molecule has 0 saturated carbocycles. The molecule has 7 heteroatoms. The van der Waals surface area contributed by atoms with Crippen LogP contribution in [0.4, 0.5) is 0 Å². The van der Waals surface area contributed by atoms with E-state index in [1.807, 2.05) is 43.3 Å². The lowest BCUT2D eigenvalue weighted by Gasteiger charge is -2.12. The number of aromatic nitrogens is 1. The van der Waals surface area contributed by atoms with Crippen LogP contribution in [0.3, 0.4) is 0 Å². The summed E-state index contributed by atoms with van der Waals surface area (Å²) in [6, 6.07) is 11.1. The number of ether oxygens (including phenoxy) is 1. The highest BCUT2D eigenvalue weighted by molar-refractivity contribution is 7.89. The number of sulfonamides is 1. The average molecular weight is 401 g/mol. The Bertz CT molecular complexity index is 1080. The van der Waals surface area contributed by atoms with Gasteiger partial charge in [-0.25, -0.2) is 18.1 Å². The van der Waals surface area contributed by atoms with Crippen molar-refractivity contribution >= 4 is 10.0 Å². The Morgan fingerprint density at radius 2 is 1.64 bits per heavy atom. The van der Waals surface area contributed by atoms with E-state index in [4.69, 9.17) is 9.15 Å². The van der Waals surface area contributed by atoms with E-state index in [0.29, 0.717) is 22.2 Å². The summed E-state index contributed by atoms with van der Waals surface area (Å²) in [6.07, 6.45) is 0. The number of oxazole rings is 1. The maximum atomic E-state index is 12.8. The first-order valence-electron chi connectivity index (χ1n) is 8.89. The maximum absolute atomic E-state index is 12.8. The molecule has 148 valence electrons. The first kappa shape index (κ1) is 20.1. The highest BCUT2D eigenvalue weighted by atomic mass is 32.2. The summed E-state index contributed by atoms with van der Waals surface area (Å²) in [5, 5.41) is 0. The van der Waals surface area contributed by atoms with Crippen molar-refractivity contribution in [3.05, 3.63) is 64.5 Å². The van der Waals surface area contributed by atoms with Crippen LogP contribution in [-0.4, -0.2) is 20.5 Å². The number of methoxy groups -OCH3 is 1. The van der Waals surface area contributed by atoms with Crippen LogP contribution in [0.25, 0.3) is 11.5 Å². The molecule has 0 aliphatic carbocycles. The molecule has 6 nitrogen and oxygen atoms in total. The molecule has 0 aliphatic rings. The highest BCUT2D eigenvalue weighted by Crippen LogP contribution is 2.25. The lowest BCUT2D eigenvalue weighted by Crippen LogP contribution is -2.25. The molecule has 2 aromatic carbocycles. The molecule has 3 rings (SSSR count). The molecule has 0 radical (unpaired) electrons. The van der Waals surface area contributed by atoms with Crippen LogP contribution in [0, 0.1) is 27.7 Å². The molecule has 0 bridgehead atoms. The third-order valence-corrected chi connectivity index (χ3v) is 6.24. The third kappa shape index (κ3) is 4.10. The minimum atomic E-state index is -3.67. The lowest BCUT2D eigenvalue weighted by molar-refractivity contribution is 0.415. The van der Waals surface area contributed by atoms with Gasteiger partial charge in [0, 0.05) is 5.56 Å². The SMILES string of the molecule is COc1ccc(-c2nc(CNS(=O)(=O)c3c(C)cc(C)cc3C)c(C)o2)cc1. The number of benzene rings is 2. The van der Waals surface area contributed by atoms with Gasteiger partial charge in [0.05, 0.1) is 24.2 Å². The minimum Gasteiger partial charge on any atom is -0.497 e. The summed E-state index contributed by atoms with van der Waals surface area (Å²) < 4.78 is 39.2. The highest BCUT2D eigenvalue weighted by Gasteiger charge is 2.21. The van der Waals surface area contributed by atoms with Gasteiger partial charge in [-0.05, 0) is 63.1 Å². The number of hydrogen-bond donors (Lipinski definition) is 1. The zero-order chi connectivity index (χ0) is 20.5. The standard InChI is InChI=1S/C21H24N2O4S/c1-13-10-14(2)20(15(3)11-13)28(24,25)22-12-19-16(4)27-21(23-19)17-6-8-18(26-5)9-7-17/h6-11,22H,12H2,1-5H3. The molecule has 0 saturated heterocycles. The Morgan fingerprint density at radius 1 is 1.04 bits per heavy atom. The van der Waals surface area contributed by atoms with Gasteiger partial charge in [-0.1, -0.05) is 17.7 Å². The summed E-state index contributed by atoms with van der Waals surface area (Å²) in [7, 11) is -2.06. The van der Waals surface area contributed by atoms with E-state index in [1.165, 1.54) is 0 Å². The van der Waals surface area contributed by atoms with Gasteiger partial charge in [0.15, 0.2) is 0 Å². The quantitative estimate of drug-likeness (QED) is 0.675. The second-order valence-electron chi connectivity index (χ2n) is 6.80. The van der Waals surface area contributed by atoms with Crippen LogP contribution in [-0.2, 0) is 16.6 Å². The summed E-state index contributed by atoms with van der Waals surface area (Å²) in [5.41, 5.74) is 3.83. The van der Waals surface area contributed by atoms with Crippen LogP contribution in [0.15, 0.2) is 45.7 Å². The molecule has 0 unspecified atom stereocenters. The van der Waals surface area contributed by atoms with Gasteiger partial charge < -0.3 is 9.15 Å². The second-order valence-corrected chi connectivity index (χ2v) is 8.51. The third-order valence-electron chi connectivity index (χ3n) is 4.53. The Morgan fingerprint density at radius 3 is 2.21 bits per heavy atom. The molecule has 1 aromatic heterocycles. The minimum absolute atomic E-state index is 0.0561. The molecule has 0 amide bonds. The first-order valence-corrected chi connectivity index (χ1v) is 10.4. The lowest BCUT2D eigenvalue weighted by atomic mass is 10.1. The van der Waals surface area contributed by atoms with Crippen LogP contribution < -0.4 is 9.46 Å². The van der Waals surface area contributed by atoms with Crippen LogP contribution >= 0.6 is 0 Å². The topological polar surface area (TPSA) is 81.4 Å². The molecular formula is C21H24N2O4S. The van der Waals surface area contributed by atoms with Crippen molar-refractivity contribution in [1.29, 1.82) is 0 Å². The van der Waals surface area contributed by atoms with Crippen molar-refractivity contribution in [1.82, 2.24) is 9.71 Å². The van der Waals surface area contributed by atoms with E-state index in [1.54, 1.807) is 27.9 Å². The predicted octanol–water partition coefficient (Wildman–Crippen LogP) is 4.06. The van der Waals surface area contributed by atoms with Gasteiger partial charge in [-0.15, -0.1) is 0 Å². The van der Waals surface area contributed by atoms with Gasteiger partial charge in [0.2, 0.25) is 15.9 Å². The molecular weight excluding hydrogens is 376 g/mol. The van der Waals surface area contributed by atoms with Crippen molar-refractivity contribution in [2.24, 2.45) is 0 Å². The largest absolute Gasteiger partial charge is 0.497 e. The Labute approximate surface area is 165 Å². The van der Waals surface area contributed by atoms with E-state index in [9.17, 15) is 8.42 Å². The fourth-order valence-corrected chi connectivity index (χ4v) is 4.71. The van der Waals surface area contributed by atoms with Crippen molar-refractivity contribution in [2.75, 3.05) is 7.11 Å². The van der Waals surface area contributed by atoms with Crippen LogP contribution in [0.5, 0.6) is 5.75 Å². The zero-order valence-corrected chi connectivity index (χ0v) is 17.5. The van der Waals surface area contributed by atoms with E-state index >= 15 is 0 Å². The monoisotopic (exact) mass is 400 g/mol. The molecule has 0 fully saturated rings. The predicted molar refractivity (Wildman–Crippen MR) is 108 cm³/mol. The summed E-state index contributed by atoms with van der Waals surface area (Å²) in [6.45, 7) is 7.38. The molecule has 1 heterocycles. The number of rotatable bonds is 6. The van der Waals surface area contributed by atoms with Crippen molar-refractivity contribution < 1.29 is 17.6 Å². The number of nitrogens with zero attached hydrogens (tertiary/aromatic N) is 1. The summed E-state index contributed by atoms with van der Waals surface area (Å²) >= 11 is 0. The molecule has 28 heavy (non-hydrogen) atoms. The van der Waals surface area contributed by atoms with E-state index in [2.05, 4.69) is 9.71 Å². The van der Waals surface area contributed by atoms with Gasteiger partial charge in [0.1, 0.15) is 11.5 Å². The maximum Gasteiger partial charge on any atom is 0.241 e. The Kier molecular flexibility index (Phi) is 5.58. The fourth-order valence-electron chi connectivity index (χ4n) is 3.28. The first-order chi connectivity index (χ1) is 13.2.